The molecule has 13 heteroatoms. The zero-order valence-corrected chi connectivity index (χ0v) is 23.9. The number of ether oxygens (including phenoxy) is 1. The van der Waals surface area contributed by atoms with Crippen LogP contribution in [0.4, 0.5) is 5.13 Å². The van der Waals surface area contributed by atoms with Crippen LogP contribution in [-0.4, -0.2) is 102 Å². The number of piperazine rings is 1. The molecule has 1 N–H and O–H groups in total. The average molecular weight is 579 g/mol. The normalized spacial score (nSPS) is 26.0. The number of hydrogen-bond donors (Lipinski definition) is 1. The average Bonchev–Trinajstić information content (AvgIpc) is 3.72. The van der Waals surface area contributed by atoms with Gasteiger partial charge in [0.2, 0.25) is 5.91 Å². The number of thiazole rings is 1. The summed E-state index contributed by atoms with van der Waals surface area (Å²) < 4.78 is 5.59. The third-order valence-corrected chi connectivity index (χ3v) is 9.70. The number of azide groups is 1. The maximum atomic E-state index is 14.1. The summed E-state index contributed by atoms with van der Waals surface area (Å²) in [5, 5.41) is 9.90. The molecular formula is C28H34N8O4S. The van der Waals surface area contributed by atoms with E-state index in [4.69, 9.17) is 15.3 Å². The molecule has 12 nitrogen and oxygen atoms in total. The summed E-state index contributed by atoms with van der Waals surface area (Å²) in [6, 6.07) is 5.87. The van der Waals surface area contributed by atoms with Crippen molar-refractivity contribution in [3.8, 4) is 11.3 Å². The molecule has 4 aliphatic rings. The lowest BCUT2D eigenvalue weighted by Gasteiger charge is -2.40. The van der Waals surface area contributed by atoms with Crippen molar-refractivity contribution in [2.45, 2.75) is 55.8 Å². The van der Waals surface area contributed by atoms with Gasteiger partial charge in [-0.2, -0.15) is 0 Å². The first-order chi connectivity index (χ1) is 19.9. The molecule has 4 heterocycles. The molecule has 216 valence electrons. The van der Waals surface area contributed by atoms with Gasteiger partial charge in [-0.25, -0.2) is 4.98 Å². The number of fused-ring (bicyclic) bond motifs is 1. The van der Waals surface area contributed by atoms with E-state index in [0.29, 0.717) is 18.4 Å². The van der Waals surface area contributed by atoms with Gasteiger partial charge in [0.15, 0.2) is 10.9 Å². The summed E-state index contributed by atoms with van der Waals surface area (Å²) in [6.45, 7) is 3.92. The Labute approximate surface area is 242 Å². The van der Waals surface area contributed by atoms with Crippen LogP contribution in [-0.2, 0) is 14.3 Å². The van der Waals surface area contributed by atoms with Gasteiger partial charge < -0.3 is 24.8 Å². The predicted octanol–water partition coefficient (Wildman–Crippen LogP) is 2.85. The van der Waals surface area contributed by atoms with Gasteiger partial charge >= 0.3 is 0 Å². The third kappa shape index (κ3) is 5.30. The summed E-state index contributed by atoms with van der Waals surface area (Å²) in [7, 11) is 2.13. The van der Waals surface area contributed by atoms with Crippen LogP contribution in [0, 0.1) is 0 Å². The van der Waals surface area contributed by atoms with Gasteiger partial charge in [-0.3, -0.25) is 14.4 Å². The summed E-state index contributed by atoms with van der Waals surface area (Å²) in [5.74, 6) is -0.838. The maximum Gasteiger partial charge on any atom is 0.252 e. The van der Waals surface area contributed by atoms with Crippen molar-refractivity contribution in [3.63, 3.8) is 0 Å². The molecule has 6 rings (SSSR count). The molecule has 1 aromatic carbocycles. The minimum absolute atomic E-state index is 0.0973. The maximum absolute atomic E-state index is 14.1. The van der Waals surface area contributed by atoms with Crippen molar-refractivity contribution < 1.29 is 19.1 Å². The molecular weight excluding hydrogens is 544 g/mol. The fraction of sp³-hybridized carbons (Fsp3) is 0.571. The van der Waals surface area contributed by atoms with E-state index in [9.17, 15) is 14.4 Å². The second-order valence-corrected chi connectivity index (χ2v) is 12.2. The van der Waals surface area contributed by atoms with Crippen LogP contribution in [0.25, 0.3) is 21.7 Å². The van der Waals surface area contributed by atoms with E-state index in [1.165, 1.54) is 4.90 Å². The van der Waals surface area contributed by atoms with Gasteiger partial charge in [-0.05, 0) is 37.6 Å². The summed E-state index contributed by atoms with van der Waals surface area (Å²) in [6.07, 6.45) is 2.87. The van der Waals surface area contributed by atoms with E-state index in [1.54, 1.807) is 23.5 Å². The monoisotopic (exact) mass is 578 g/mol. The Kier molecular flexibility index (Phi) is 7.69. The van der Waals surface area contributed by atoms with Crippen molar-refractivity contribution >= 4 is 34.1 Å². The number of anilines is 1. The molecule has 0 radical (unpaired) electrons. The zero-order valence-electron chi connectivity index (χ0n) is 23.1. The largest absolute Gasteiger partial charge is 0.367 e. The van der Waals surface area contributed by atoms with Crippen molar-refractivity contribution in [2.24, 2.45) is 5.11 Å². The lowest BCUT2D eigenvalue weighted by Crippen LogP contribution is -2.62. The quantitative estimate of drug-likeness (QED) is 0.315. The fourth-order valence-corrected chi connectivity index (χ4v) is 7.34. The Bertz CT molecular complexity index is 1360. The highest BCUT2D eigenvalue weighted by Crippen LogP contribution is 2.36. The number of nitrogens with zero attached hydrogens (tertiary/aromatic N) is 7. The van der Waals surface area contributed by atoms with Crippen molar-refractivity contribution in [2.75, 3.05) is 51.3 Å². The number of ketones is 1. The molecule has 0 unspecified atom stereocenters. The number of nitrogens with one attached hydrogen (secondary N) is 1. The second kappa shape index (κ2) is 11.4. The first-order valence-corrected chi connectivity index (χ1v) is 15.1. The zero-order chi connectivity index (χ0) is 28.6. The molecule has 0 spiro atoms. The Balaban J connectivity index is 1.18. The van der Waals surface area contributed by atoms with Gasteiger partial charge in [0, 0.05) is 54.1 Å². The molecule has 3 aliphatic heterocycles. The minimum atomic E-state index is -1.13. The molecule has 1 saturated carbocycles. The van der Waals surface area contributed by atoms with Crippen LogP contribution in [0.1, 0.15) is 42.5 Å². The van der Waals surface area contributed by atoms with Gasteiger partial charge in [0.05, 0.1) is 17.8 Å². The highest BCUT2D eigenvalue weighted by atomic mass is 32.1. The van der Waals surface area contributed by atoms with Crippen molar-refractivity contribution in [1.82, 2.24) is 20.1 Å². The fourth-order valence-electron chi connectivity index (χ4n) is 6.45. The standard InChI is InChI=1S/C28H34N8O4S/c1-34-11-13-35(14-12-34)27-30-21(17-41-27)18-5-7-19(8-6-18)25(38)31-28(9-3-2-4-10-28)26(39)36-15-20(32-33-29)24-23(36)22(37)16-40-24/h5-8,17,20,23-24H,2-4,9-16H2,1H3,(H,31,38)/t20-,23-,24-/m1/s1. The van der Waals surface area contributed by atoms with E-state index in [2.05, 4.69) is 32.2 Å². The van der Waals surface area contributed by atoms with E-state index in [1.807, 2.05) is 17.5 Å². The number of Topliss-reactive ketones (excluding diaryl/α,β-unsaturated/α-hetero) is 1. The van der Waals surface area contributed by atoms with Crippen molar-refractivity contribution in [1.29, 1.82) is 0 Å². The first kappa shape index (κ1) is 27.6. The number of likely N-dealkylation sites (N-methyl/N-ethyl adjacent to an activating group) is 1. The molecule has 2 aromatic rings. The van der Waals surface area contributed by atoms with E-state index < -0.39 is 23.7 Å². The topological polar surface area (TPSA) is 144 Å². The molecule has 1 aliphatic carbocycles. The SMILES string of the molecule is CN1CCN(c2nc(-c3ccc(C(=O)NC4(C(=O)N5C[C@@H](N=[N+]=[N-])[C@H]6OCC(=O)[C@H]65)CCCCC4)cc3)cs2)CC1. The Morgan fingerprint density at radius 3 is 2.59 bits per heavy atom. The number of likely N-dealkylation sites (tertiary alicyclic amines) is 1. The number of aromatic nitrogens is 1. The smallest absolute Gasteiger partial charge is 0.252 e. The molecule has 0 bridgehead atoms. The van der Waals surface area contributed by atoms with Crippen LogP contribution < -0.4 is 10.2 Å². The molecule has 41 heavy (non-hydrogen) atoms. The summed E-state index contributed by atoms with van der Waals surface area (Å²) >= 11 is 1.63. The molecule has 1 aromatic heterocycles. The number of rotatable bonds is 6. The number of carbonyl (C=O) groups is 3. The minimum Gasteiger partial charge on any atom is -0.367 e. The van der Waals surface area contributed by atoms with Gasteiger partial charge in [0.1, 0.15) is 18.2 Å². The summed E-state index contributed by atoms with van der Waals surface area (Å²) in [5.41, 5.74) is 10.1. The molecule has 2 amide bonds. The predicted molar refractivity (Wildman–Crippen MR) is 154 cm³/mol. The number of amides is 2. The number of carbonyl (C=O) groups excluding carboxylic acids is 3. The number of hydrogen-bond acceptors (Lipinski definition) is 9. The van der Waals surface area contributed by atoms with Crippen LogP contribution in [0.15, 0.2) is 34.8 Å². The van der Waals surface area contributed by atoms with Gasteiger partial charge in [-0.1, -0.05) is 36.5 Å². The second-order valence-electron chi connectivity index (χ2n) is 11.4. The first-order valence-electron chi connectivity index (χ1n) is 14.2. The van der Waals surface area contributed by atoms with Crippen LogP contribution in [0.5, 0.6) is 0 Å². The molecule has 3 saturated heterocycles. The molecule has 3 atom stereocenters. The molecule has 4 fully saturated rings. The highest BCUT2D eigenvalue weighted by molar-refractivity contribution is 7.14. The third-order valence-electron chi connectivity index (χ3n) is 8.80. The number of benzene rings is 1. The van der Waals surface area contributed by atoms with Gasteiger partial charge in [0.25, 0.3) is 5.91 Å². The lowest BCUT2D eigenvalue weighted by atomic mass is 9.80. The lowest BCUT2D eigenvalue weighted by molar-refractivity contribution is -0.143. The van der Waals surface area contributed by atoms with Crippen LogP contribution >= 0.6 is 11.3 Å². The Hall–Kier alpha value is -3.51. The van der Waals surface area contributed by atoms with E-state index >= 15 is 0 Å². The van der Waals surface area contributed by atoms with Crippen molar-refractivity contribution in [3.05, 3.63) is 45.7 Å². The van der Waals surface area contributed by atoms with Gasteiger partial charge in [-0.15, -0.1) is 11.3 Å². The highest BCUT2D eigenvalue weighted by Gasteiger charge is 2.56. The Morgan fingerprint density at radius 1 is 1.15 bits per heavy atom. The summed E-state index contributed by atoms with van der Waals surface area (Å²) in [4.78, 5) is 54.1. The van der Waals surface area contributed by atoms with Crippen LogP contribution in [0.3, 0.4) is 0 Å². The van der Waals surface area contributed by atoms with E-state index in [0.717, 1.165) is 61.8 Å². The van der Waals surface area contributed by atoms with Crippen LogP contribution in [0.2, 0.25) is 0 Å². The van der Waals surface area contributed by atoms with E-state index in [-0.39, 0.29) is 30.7 Å². The Morgan fingerprint density at radius 2 is 1.88 bits per heavy atom.